The number of amides is 2. The molecule has 2 amide bonds. The van der Waals surface area contributed by atoms with Gasteiger partial charge in [0.1, 0.15) is 11.4 Å². The molecule has 24 heavy (non-hydrogen) atoms. The number of piperazine rings is 1. The third-order valence-corrected chi connectivity index (χ3v) is 4.41. The highest BCUT2D eigenvalue weighted by molar-refractivity contribution is 9.10. The van der Waals surface area contributed by atoms with Gasteiger partial charge in [-0.1, -0.05) is 15.9 Å². The Balaban J connectivity index is 1.89. The fourth-order valence-corrected chi connectivity index (χ4v) is 2.81. The molecule has 0 aliphatic carbocycles. The molecule has 0 unspecified atom stereocenters. The van der Waals surface area contributed by atoms with E-state index in [0.717, 1.165) is 0 Å². The van der Waals surface area contributed by atoms with Crippen LogP contribution in [0.2, 0.25) is 0 Å². The lowest BCUT2D eigenvalue weighted by Crippen LogP contribution is -2.52. The quantitative estimate of drug-likeness (QED) is 0.765. The van der Waals surface area contributed by atoms with Crippen molar-refractivity contribution in [2.45, 2.75) is 32.8 Å². The van der Waals surface area contributed by atoms with Crippen molar-refractivity contribution in [3.05, 3.63) is 34.1 Å². The van der Waals surface area contributed by atoms with Crippen molar-refractivity contribution < 1.29 is 18.7 Å². The SMILES string of the molecule is CC(C)(C)OC(=O)N1CCN(C(=O)Cc2cc(F)ccc2Br)CC1. The first-order valence-electron chi connectivity index (χ1n) is 7.85. The smallest absolute Gasteiger partial charge is 0.410 e. The normalized spacial score (nSPS) is 15.4. The Morgan fingerprint density at radius 1 is 1.17 bits per heavy atom. The molecule has 1 aromatic carbocycles. The molecule has 0 bridgehead atoms. The first kappa shape index (κ1) is 18.7. The van der Waals surface area contributed by atoms with Crippen molar-refractivity contribution in [2.75, 3.05) is 26.2 Å². The Hall–Kier alpha value is -1.63. The van der Waals surface area contributed by atoms with Crippen LogP contribution in [0.4, 0.5) is 9.18 Å². The third kappa shape index (κ3) is 5.19. The van der Waals surface area contributed by atoms with Gasteiger partial charge in [-0.3, -0.25) is 4.79 Å². The molecule has 2 rings (SSSR count). The predicted molar refractivity (Wildman–Crippen MR) is 92.2 cm³/mol. The molecule has 0 saturated carbocycles. The van der Waals surface area contributed by atoms with Gasteiger partial charge in [-0.05, 0) is 44.5 Å². The van der Waals surface area contributed by atoms with E-state index in [4.69, 9.17) is 4.74 Å². The second kappa shape index (κ2) is 7.51. The Bertz CT molecular complexity index is 623. The molecule has 1 aromatic rings. The lowest BCUT2D eigenvalue weighted by atomic mass is 10.1. The fourth-order valence-electron chi connectivity index (χ4n) is 2.42. The van der Waals surface area contributed by atoms with Crippen LogP contribution in [0, 0.1) is 5.82 Å². The summed E-state index contributed by atoms with van der Waals surface area (Å²) < 4.78 is 19.4. The highest BCUT2D eigenvalue weighted by Crippen LogP contribution is 2.19. The average Bonchev–Trinajstić information content (AvgIpc) is 2.49. The molecule has 0 atom stereocenters. The fraction of sp³-hybridized carbons (Fsp3) is 0.529. The maximum absolute atomic E-state index is 13.3. The number of hydrogen-bond donors (Lipinski definition) is 0. The standard InChI is InChI=1S/C17H22BrFN2O3/c1-17(2,3)24-16(23)21-8-6-20(7-9-21)15(22)11-12-10-13(19)4-5-14(12)18/h4-5,10H,6-9,11H2,1-3H3. The Kier molecular flexibility index (Phi) is 5.85. The molecule has 132 valence electrons. The first-order valence-corrected chi connectivity index (χ1v) is 8.64. The van der Waals surface area contributed by atoms with Gasteiger partial charge in [0.2, 0.25) is 5.91 Å². The molecular formula is C17H22BrFN2O3. The molecule has 0 aromatic heterocycles. The van der Waals surface area contributed by atoms with Crippen LogP contribution in [-0.2, 0) is 16.0 Å². The van der Waals surface area contributed by atoms with E-state index in [-0.39, 0.29) is 24.2 Å². The van der Waals surface area contributed by atoms with Crippen molar-refractivity contribution in [1.82, 2.24) is 9.80 Å². The molecule has 7 heteroatoms. The van der Waals surface area contributed by atoms with E-state index in [1.165, 1.54) is 12.1 Å². The Labute approximate surface area is 149 Å². The topological polar surface area (TPSA) is 49.9 Å². The number of carbonyl (C=O) groups excluding carboxylic acids is 2. The highest BCUT2D eigenvalue weighted by Gasteiger charge is 2.27. The molecule has 1 heterocycles. The first-order chi connectivity index (χ1) is 11.2. The van der Waals surface area contributed by atoms with Gasteiger partial charge in [-0.25, -0.2) is 9.18 Å². The summed E-state index contributed by atoms with van der Waals surface area (Å²) in [6.07, 6.45) is -0.229. The van der Waals surface area contributed by atoms with Crippen molar-refractivity contribution >= 4 is 27.9 Å². The van der Waals surface area contributed by atoms with Gasteiger partial charge in [-0.15, -0.1) is 0 Å². The van der Waals surface area contributed by atoms with Crippen LogP contribution >= 0.6 is 15.9 Å². The second-order valence-corrected chi connectivity index (χ2v) is 7.62. The van der Waals surface area contributed by atoms with E-state index in [9.17, 15) is 14.0 Å². The lowest BCUT2D eigenvalue weighted by molar-refractivity contribution is -0.132. The largest absolute Gasteiger partial charge is 0.444 e. The summed E-state index contributed by atoms with van der Waals surface area (Å²) in [6.45, 7) is 7.23. The molecular weight excluding hydrogens is 379 g/mol. The number of benzene rings is 1. The molecule has 1 saturated heterocycles. The number of carbonyl (C=O) groups is 2. The average molecular weight is 401 g/mol. The van der Waals surface area contributed by atoms with E-state index >= 15 is 0 Å². The van der Waals surface area contributed by atoms with Crippen LogP contribution in [0.25, 0.3) is 0 Å². The zero-order valence-electron chi connectivity index (χ0n) is 14.1. The summed E-state index contributed by atoms with van der Waals surface area (Å²) in [5.41, 5.74) is 0.0859. The van der Waals surface area contributed by atoms with Crippen LogP contribution in [-0.4, -0.2) is 53.6 Å². The van der Waals surface area contributed by atoms with Crippen LogP contribution in [0.3, 0.4) is 0 Å². The van der Waals surface area contributed by atoms with Gasteiger partial charge in [0.15, 0.2) is 0 Å². The molecule has 1 aliphatic heterocycles. The number of nitrogens with zero attached hydrogens (tertiary/aromatic N) is 2. The van der Waals surface area contributed by atoms with Crippen molar-refractivity contribution in [3.63, 3.8) is 0 Å². The van der Waals surface area contributed by atoms with Gasteiger partial charge >= 0.3 is 6.09 Å². The number of halogens is 2. The van der Waals surface area contributed by atoms with Crippen LogP contribution in [0.5, 0.6) is 0 Å². The maximum atomic E-state index is 13.3. The predicted octanol–water partition coefficient (Wildman–Crippen LogP) is 3.21. The van der Waals surface area contributed by atoms with E-state index in [1.54, 1.807) is 15.9 Å². The van der Waals surface area contributed by atoms with Crippen LogP contribution in [0.1, 0.15) is 26.3 Å². The highest BCUT2D eigenvalue weighted by atomic mass is 79.9. The lowest BCUT2D eigenvalue weighted by Gasteiger charge is -2.35. The number of hydrogen-bond acceptors (Lipinski definition) is 3. The zero-order chi connectivity index (χ0) is 17.9. The minimum absolute atomic E-state index is 0.0786. The monoisotopic (exact) mass is 400 g/mol. The van der Waals surface area contributed by atoms with Gasteiger partial charge in [0.05, 0.1) is 6.42 Å². The van der Waals surface area contributed by atoms with E-state index < -0.39 is 5.60 Å². The number of ether oxygens (including phenoxy) is 1. The minimum atomic E-state index is -0.534. The van der Waals surface area contributed by atoms with Crippen LogP contribution in [0.15, 0.2) is 22.7 Å². The summed E-state index contributed by atoms with van der Waals surface area (Å²) in [5, 5.41) is 0. The summed E-state index contributed by atoms with van der Waals surface area (Å²) in [5.74, 6) is -0.444. The molecule has 0 N–H and O–H groups in total. The van der Waals surface area contributed by atoms with Crippen molar-refractivity contribution in [1.29, 1.82) is 0 Å². The molecule has 1 fully saturated rings. The third-order valence-electron chi connectivity index (χ3n) is 3.63. The van der Waals surface area contributed by atoms with Crippen molar-refractivity contribution in [2.24, 2.45) is 0 Å². The van der Waals surface area contributed by atoms with E-state index in [0.29, 0.717) is 36.2 Å². The van der Waals surface area contributed by atoms with Gasteiger partial charge in [0.25, 0.3) is 0 Å². The maximum Gasteiger partial charge on any atom is 0.410 e. The van der Waals surface area contributed by atoms with E-state index in [1.807, 2.05) is 20.8 Å². The van der Waals surface area contributed by atoms with Gasteiger partial charge < -0.3 is 14.5 Å². The zero-order valence-corrected chi connectivity index (χ0v) is 15.7. The van der Waals surface area contributed by atoms with E-state index in [2.05, 4.69) is 15.9 Å². The molecule has 0 radical (unpaired) electrons. The Morgan fingerprint density at radius 3 is 2.33 bits per heavy atom. The summed E-state index contributed by atoms with van der Waals surface area (Å²) in [4.78, 5) is 27.7. The number of rotatable bonds is 2. The van der Waals surface area contributed by atoms with Crippen molar-refractivity contribution in [3.8, 4) is 0 Å². The molecule has 1 aliphatic rings. The summed E-state index contributed by atoms with van der Waals surface area (Å²) in [7, 11) is 0. The van der Waals surface area contributed by atoms with Gasteiger partial charge in [0, 0.05) is 30.7 Å². The summed E-state index contributed by atoms with van der Waals surface area (Å²) >= 11 is 3.33. The van der Waals surface area contributed by atoms with Gasteiger partial charge in [-0.2, -0.15) is 0 Å². The second-order valence-electron chi connectivity index (χ2n) is 6.76. The minimum Gasteiger partial charge on any atom is -0.444 e. The summed E-state index contributed by atoms with van der Waals surface area (Å²) in [6, 6.07) is 4.30. The van der Waals surface area contributed by atoms with Crippen LogP contribution < -0.4 is 0 Å². The molecule has 5 nitrogen and oxygen atoms in total. The molecule has 0 spiro atoms. The Morgan fingerprint density at radius 2 is 1.75 bits per heavy atom.